The van der Waals surface area contributed by atoms with Gasteiger partial charge in [-0.25, -0.2) is 4.79 Å². The van der Waals surface area contributed by atoms with Crippen molar-refractivity contribution >= 4 is 21.7 Å². The highest BCUT2D eigenvalue weighted by atomic mass is 16.7. The molecule has 0 saturated carbocycles. The van der Waals surface area contributed by atoms with Gasteiger partial charge in [-0.05, 0) is 43.7 Å². The van der Waals surface area contributed by atoms with E-state index in [-0.39, 0.29) is 5.75 Å². The number of hydrogen-bond acceptors (Lipinski definition) is 9. The van der Waals surface area contributed by atoms with Gasteiger partial charge in [-0.3, -0.25) is 0 Å². The van der Waals surface area contributed by atoms with Crippen LogP contribution in [0, 0.1) is 13.8 Å². The van der Waals surface area contributed by atoms with Gasteiger partial charge in [0.25, 0.3) is 0 Å². The summed E-state index contributed by atoms with van der Waals surface area (Å²) in [6.07, 6.45) is -7.05. The van der Waals surface area contributed by atoms with E-state index in [1.165, 1.54) is 0 Å². The highest BCUT2D eigenvalue weighted by Gasteiger charge is 2.44. The molecule has 4 N–H and O–H groups in total. The zero-order valence-electron chi connectivity index (χ0n) is 17.2. The Balaban J connectivity index is 1.83. The number of methoxy groups -OCH3 is 1. The summed E-state index contributed by atoms with van der Waals surface area (Å²) in [5.41, 5.74) is 1.02. The summed E-state index contributed by atoms with van der Waals surface area (Å²) in [6.45, 7) is 2.94. The topological polar surface area (TPSA) is 139 Å². The van der Waals surface area contributed by atoms with E-state index in [0.717, 1.165) is 5.56 Å². The Morgan fingerprint density at radius 1 is 1.03 bits per heavy atom. The standard InChI is InChI=1S/C22H24O9/c1-9-6-14(29-22-19(26)18(25)17(24)15(8-23)30-22)10(2)20-16(9)13-7-11(28-3)4-5-12(13)21(27)31-20/h4-7,15,17-19,22-26H,8H2,1-3H3/t15-,17-,18+,19-,22-/m1/s1. The molecule has 4 rings (SSSR count). The number of ether oxygens (including phenoxy) is 3. The van der Waals surface area contributed by atoms with Crippen LogP contribution in [0.5, 0.6) is 11.5 Å². The zero-order chi connectivity index (χ0) is 22.4. The summed E-state index contributed by atoms with van der Waals surface area (Å²) >= 11 is 0. The van der Waals surface area contributed by atoms with E-state index in [2.05, 4.69) is 0 Å². The lowest BCUT2D eigenvalue weighted by molar-refractivity contribution is -0.277. The maximum atomic E-state index is 12.6. The van der Waals surface area contributed by atoms with Crippen molar-refractivity contribution in [3.05, 3.63) is 45.8 Å². The molecule has 31 heavy (non-hydrogen) atoms. The first-order chi connectivity index (χ1) is 14.8. The third-order valence-electron chi connectivity index (χ3n) is 5.68. The van der Waals surface area contributed by atoms with Crippen LogP contribution in [0.25, 0.3) is 21.7 Å². The fourth-order valence-corrected chi connectivity index (χ4v) is 3.91. The van der Waals surface area contributed by atoms with Crippen molar-refractivity contribution in [1.82, 2.24) is 0 Å². The van der Waals surface area contributed by atoms with Gasteiger partial charge in [0, 0.05) is 16.3 Å². The Labute approximate surface area is 177 Å². The maximum absolute atomic E-state index is 12.6. The zero-order valence-corrected chi connectivity index (χ0v) is 17.2. The summed E-state index contributed by atoms with van der Waals surface area (Å²) in [4.78, 5) is 12.6. The van der Waals surface area contributed by atoms with Crippen molar-refractivity contribution in [2.75, 3.05) is 13.7 Å². The largest absolute Gasteiger partial charge is 0.497 e. The van der Waals surface area contributed by atoms with Crippen molar-refractivity contribution in [3.63, 3.8) is 0 Å². The predicted molar refractivity (Wildman–Crippen MR) is 110 cm³/mol. The molecule has 1 aliphatic heterocycles. The van der Waals surface area contributed by atoms with E-state index in [9.17, 15) is 25.2 Å². The van der Waals surface area contributed by atoms with Gasteiger partial charge >= 0.3 is 5.63 Å². The predicted octanol–water partition coefficient (Wildman–Crippen LogP) is 0.750. The molecule has 0 spiro atoms. The quantitative estimate of drug-likeness (QED) is 0.347. The number of aryl methyl sites for hydroxylation is 2. The summed E-state index contributed by atoms with van der Waals surface area (Å²) in [7, 11) is 1.54. The second-order valence-electron chi connectivity index (χ2n) is 7.64. The van der Waals surface area contributed by atoms with E-state index in [4.69, 9.17) is 18.6 Å². The second kappa shape index (κ2) is 8.10. The third kappa shape index (κ3) is 3.54. The Bertz CT molecular complexity index is 1180. The van der Waals surface area contributed by atoms with E-state index in [1.807, 2.05) is 6.92 Å². The molecule has 0 amide bonds. The van der Waals surface area contributed by atoms with Gasteiger partial charge in [-0.2, -0.15) is 0 Å². The number of aliphatic hydroxyl groups is 4. The first kappa shape index (κ1) is 21.5. The Kier molecular flexibility index (Phi) is 5.63. The number of hydrogen-bond donors (Lipinski definition) is 4. The van der Waals surface area contributed by atoms with Gasteiger partial charge in [0.15, 0.2) is 0 Å². The van der Waals surface area contributed by atoms with Crippen LogP contribution in [-0.2, 0) is 4.74 Å². The molecule has 2 heterocycles. The molecule has 0 bridgehead atoms. The molecule has 0 radical (unpaired) electrons. The third-order valence-corrected chi connectivity index (χ3v) is 5.68. The van der Waals surface area contributed by atoms with Crippen molar-refractivity contribution in [2.45, 2.75) is 44.6 Å². The molecule has 5 atom stereocenters. The van der Waals surface area contributed by atoms with Crippen LogP contribution in [0.3, 0.4) is 0 Å². The Morgan fingerprint density at radius 3 is 2.45 bits per heavy atom. The van der Waals surface area contributed by atoms with Gasteiger partial charge in [-0.15, -0.1) is 0 Å². The van der Waals surface area contributed by atoms with Crippen LogP contribution in [0.2, 0.25) is 0 Å². The molecule has 0 unspecified atom stereocenters. The molecule has 0 aliphatic carbocycles. The van der Waals surface area contributed by atoms with Gasteiger partial charge in [0.1, 0.15) is 41.5 Å². The summed E-state index contributed by atoms with van der Waals surface area (Å²) in [5, 5.41) is 41.4. The minimum Gasteiger partial charge on any atom is -0.497 e. The molecule has 1 aromatic heterocycles. The van der Waals surface area contributed by atoms with Crippen molar-refractivity contribution < 1.29 is 39.1 Å². The first-order valence-electron chi connectivity index (χ1n) is 9.78. The van der Waals surface area contributed by atoms with Gasteiger partial charge in [0.05, 0.1) is 19.1 Å². The second-order valence-corrected chi connectivity index (χ2v) is 7.64. The molecule has 9 heteroatoms. The summed E-state index contributed by atoms with van der Waals surface area (Å²) in [5.74, 6) is 0.859. The van der Waals surface area contributed by atoms with Crippen LogP contribution >= 0.6 is 0 Å². The smallest absolute Gasteiger partial charge is 0.344 e. The van der Waals surface area contributed by atoms with Crippen LogP contribution in [0.1, 0.15) is 11.1 Å². The SMILES string of the molecule is COc1ccc2c(=O)oc3c(C)c(O[C@@H]4O[C@H](CO)[C@@H](O)[C@H](O)[C@H]4O)cc(C)c3c2c1. The van der Waals surface area contributed by atoms with Crippen molar-refractivity contribution in [2.24, 2.45) is 0 Å². The van der Waals surface area contributed by atoms with Crippen molar-refractivity contribution in [1.29, 1.82) is 0 Å². The number of fused-ring (bicyclic) bond motifs is 3. The molecule has 1 fully saturated rings. The van der Waals surface area contributed by atoms with E-state index < -0.39 is 42.9 Å². The minimum absolute atomic E-state index is 0.264. The molecule has 166 valence electrons. The Hall–Kier alpha value is -2.69. The van der Waals surface area contributed by atoms with E-state index in [0.29, 0.717) is 33.1 Å². The van der Waals surface area contributed by atoms with Crippen molar-refractivity contribution in [3.8, 4) is 11.5 Å². The molecule has 9 nitrogen and oxygen atoms in total. The van der Waals surface area contributed by atoms with Crippen LogP contribution in [0.15, 0.2) is 33.5 Å². The molecule has 2 aromatic carbocycles. The average molecular weight is 432 g/mol. The minimum atomic E-state index is -1.56. The average Bonchev–Trinajstić information content (AvgIpc) is 2.76. The van der Waals surface area contributed by atoms with E-state index in [1.54, 1.807) is 38.3 Å². The molecule has 3 aromatic rings. The van der Waals surface area contributed by atoms with Gasteiger partial charge < -0.3 is 39.1 Å². The summed E-state index contributed by atoms with van der Waals surface area (Å²) in [6, 6.07) is 6.80. The number of benzene rings is 2. The number of aliphatic hydroxyl groups excluding tert-OH is 4. The lowest BCUT2D eigenvalue weighted by Gasteiger charge is -2.39. The van der Waals surface area contributed by atoms with E-state index >= 15 is 0 Å². The fourth-order valence-electron chi connectivity index (χ4n) is 3.91. The molecule has 1 saturated heterocycles. The molecular weight excluding hydrogens is 408 g/mol. The first-order valence-corrected chi connectivity index (χ1v) is 9.78. The van der Waals surface area contributed by atoms with Crippen LogP contribution in [-0.4, -0.2) is 64.8 Å². The monoisotopic (exact) mass is 432 g/mol. The van der Waals surface area contributed by atoms with Gasteiger partial charge in [-0.1, -0.05) is 0 Å². The van der Waals surface area contributed by atoms with Crippen LogP contribution in [0.4, 0.5) is 0 Å². The highest BCUT2D eigenvalue weighted by Crippen LogP contribution is 2.36. The lowest BCUT2D eigenvalue weighted by Crippen LogP contribution is -2.60. The maximum Gasteiger partial charge on any atom is 0.344 e. The fraction of sp³-hybridized carbons (Fsp3) is 0.409. The Morgan fingerprint density at radius 2 is 1.77 bits per heavy atom. The highest BCUT2D eigenvalue weighted by molar-refractivity contribution is 6.07. The normalized spacial score (nSPS) is 26.4. The van der Waals surface area contributed by atoms with Gasteiger partial charge in [0.2, 0.25) is 6.29 Å². The summed E-state index contributed by atoms with van der Waals surface area (Å²) < 4.78 is 22.1. The van der Waals surface area contributed by atoms with Crippen LogP contribution < -0.4 is 15.1 Å². The molecular formula is C22H24O9. The lowest BCUT2D eigenvalue weighted by atomic mass is 9.98. The molecule has 1 aliphatic rings. The number of rotatable bonds is 4.